The van der Waals surface area contributed by atoms with Gasteiger partial charge in [-0.1, -0.05) is 13.8 Å². The summed E-state index contributed by atoms with van der Waals surface area (Å²) in [5.41, 5.74) is 0.576. The van der Waals surface area contributed by atoms with E-state index in [-0.39, 0.29) is 6.10 Å². The topological polar surface area (TPSA) is 35.5 Å². The number of hydrogen-bond acceptors (Lipinski definition) is 3. The highest BCUT2D eigenvalue weighted by atomic mass is 79.9. The Labute approximate surface area is 128 Å². The molecule has 0 radical (unpaired) electrons. The predicted octanol–water partition coefficient (Wildman–Crippen LogP) is 4.47. The Morgan fingerprint density at radius 3 is 2.60 bits per heavy atom. The van der Waals surface area contributed by atoms with Crippen molar-refractivity contribution >= 4 is 22.2 Å². The second-order valence-electron chi connectivity index (χ2n) is 5.66. The van der Waals surface area contributed by atoms with Crippen LogP contribution in [0, 0.1) is 11.8 Å². The van der Waals surface area contributed by atoms with Gasteiger partial charge in [0, 0.05) is 5.56 Å². The number of halogens is 1. The summed E-state index contributed by atoms with van der Waals surface area (Å²) in [7, 11) is 1.59. The summed E-state index contributed by atoms with van der Waals surface area (Å²) in [6.07, 6.45) is 4.34. The summed E-state index contributed by atoms with van der Waals surface area (Å²) in [6, 6.07) is 3.47. The van der Waals surface area contributed by atoms with Gasteiger partial charge in [-0.3, -0.25) is 4.79 Å². The lowest BCUT2D eigenvalue weighted by atomic mass is 9.80. The molecule has 0 spiro atoms. The molecular weight excluding hydrogens is 320 g/mol. The molecule has 3 nitrogen and oxygen atoms in total. The molecule has 3 atom stereocenters. The maximum Gasteiger partial charge on any atom is 0.175 e. The first-order valence-electron chi connectivity index (χ1n) is 7.04. The molecule has 0 saturated heterocycles. The van der Waals surface area contributed by atoms with Crippen LogP contribution in [0.3, 0.4) is 0 Å². The molecule has 1 fully saturated rings. The zero-order chi connectivity index (χ0) is 14.7. The van der Waals surface area contributed by atoms with Crippen LogP contribution in [0.5, 0.6) is 11.5 Å². The van der Waals surface area contributed by atoms with Gasteiger partial charge < -0.3 is 9.47 Å². The van der Waals surface area contributed by atoms with Crippen molar-refractivity contribution < 1.29 is 14.3 Å². The molecule has 0 bridgehead atoms. The molecule has 0 amide bonds. The van der Waals surface area contributed by atoms with E-state index in [0.717, 1.165) is 29.5 Å². The van der Waals surface area contributed by atoms with Crippen molar-refractivity contribution in [3.8, 4) is 11.5 Å². The molecule has 0 N–H and O–H groups in total. The molecule has 1 aromatic carbocycles. The average Bonchev–Trinajstić information content (AvgIpc) is 2.44. The van der Waals surface area contributed by atoms with Crippen LogP contribution in [0.25, 0.3) is 0 Å². The van der Waals surface area contributed by atoms with Crippen molar-refractivity contribution in [1.29, 1.82) is 0 Å². The summed E-state index contributed by atoms with van der Waals surface area (Å²) in [5, 5.41) is 0. The molecule has 20 heavy (non-hydrogen) atoms. The van der Waals surface area contributed by atoms with Crippen LogP contribution in [0.15, 0.2) is 16.6 Å². The van der Waals surface area contributed by atoms with Crippen LogP contribution in [0.4, 0.5) is 0 Å². The van der Waals surface area contributed by atoms with Crippen LogP contribution >= 0.6 is 15.9 Å². The lowest BCUT2D eigenvalue weighted by molar-refractivity contribution is 0.0969. The second kappa shape index (κ2) is 6.61. The monoisotopic (exact) mass is 340 g/mol. The number of rotatable bonds is 4. The van der Waals surface area contributed by atoms with Crippen LogP contribution < -0.4 is 9.47 Å². The minimum Gasteiger partial charge on any atom is -0.493 e. The van der Waals surface area contributed by atoms with Gasteiger partial charge >= 0.3 is 0 Å². The highest BCUT2D eigenvalue weighted by molar-refractivity contribution is 9.10. The summed E-state index contributed by atoms with van der Waals surface area (Å²) in [6.45, 7) is 4.58. The number of aldehydes is 1. The molecule has 1 saturated carbocycles. The van der Waals surface area contributed by atoms with Crippen LogP contribution in [-0.4, -0.2) is 19.5 Å². The van der Waals surface area contributed by atoms with E-state index < -0.39 is 0 Å². The SMILES string of the molecule is COc1cc(C=O)cc(Br)c1OC1CCC(C)C(C)C1. The van der Waals surface area contributed by atoms with Crippen LogP contribution in [0.2, 0.25) is 0 Å². The summed E-state index contributed by atoms with van der Waals surface area (Å²) >= 11 is 3.47. The predicted molar refractivity (Wildman–Crippen MR) is 82.7 cm³/mol. The molecule has 110 valence electrons. The van der Waals surface area contributed by atoms with Gasteiger partial charge in [0.05, 0.1) is 17.7 Å². The Morgan fingerprint density at radius 2 is 2.00 bits per heavy atom. The summed E-state index contributed by atoms with van der Waals surface area (Å²) in [4.78, 5) is 10.9. The van der Waals surface area contributed by atoms with Crippen molar-refractivity contribution in [1.82, 2.24) is 0 Å². The molecular formula is C16H21BrO3. The molecule has 4 heteroatoms. The molecule has 0 aliphatic heterocycles. The number of carbonyl (C=O) groups excluding carboxylic acids is 1. The van der Waals surface area contributed by atoms with E-state index in [1.165, 1.54) is 6.42 Å². The maximum absolute atomic E-state index is 10.9. The zero-order valence-electron chi connectivity index (χ0n) is 12.2. The third kappa shape index (κ3) is 3.35. The molecule has 1 aliphatic rings. The molecule has 1 aromatic rings. The Hall–Kier alpha value is -1.03. The van der Waals surface area contributed by atoms with Gasteiger partial charge in [0.15, 0.2) is 11.5 Å². The molecule has 0 heterocycles. The second-order valence-corrected chi connectivity index (χ2v) is 6.51. The first-order valence-corrected chi connectivity index (χ1v) is 7.83. The molecule has 3 unspecified atom stereocenters. The first kappa shape index (κ1) is 15.4. The molecule has 2 rings (SSSR count). The molecule has 1 aliphatic carbocycles. The van der Waals surface area contributed by atoms with Crippen molar-refractivity contribution in [3.05, 3.63) is 22.2 Å². The Morgan fingerprint density at radius 1 is 1.25 bits per heavy atom. The number of benzene rings is 1. The average molecular weight is 341 g/mol. The van der Waals surface area contributed by atoms with E-state index in [0.29, 0.717) is 23.0 Å². The quantitative estimate of drug-likeness (QED) is 0.758. The van der Waals surface area contributed by atoms with Gasteiger partial charge in [-0.05, 0) is 59.2 Å². The van der Waals surface area contributed by atoms with Crippen LogP contribution in [0.1, 0.15) is 43.5 Å². The minimum absolute atomic E-state index is 0.216. The highest BCUT2D eigenvalue weighted by Crippen LogP contribution is 2.40. The van der Waals surface area contributed by atoms with E-state index in [1.807, 2.05) is 0 Å². The van der Waals surface area contributed by atoms with Crippen molar-refractivity contribution in [2.45, 2.75) is 39.2 Å². The first-order chi connectivity index (χ1) is 9.55. The van der Waals surface area contributed by atoms with E-state index in [2.05, 4.69) is 29.8 Å². The number of methoxy groups -OCH3 is 1. The van der Waals surface area contributed by atoms with Gasteiger partial charge in [0.1, 0.15) is 6.29 Å². The van der Waals surface area contributed by atoms with E-state index in [1.54, 1.807) is 19.2 Å². The summed E-state index contributed by atoms with van der Waals surface area (Å²) in [5.74, 6) is 2.74. The summed E-state index contributed by atoms with van der Waals surface area (Å²) < 4.78 is 12.3. The van der Waals surface area contributed by atoms with Gasteiger partial charge in [0.2, 0.25) is 0 Å². The van der Waals surface area contributed by atoms with Crippen molar-refractivity contribution in [2.75, 3.05) is 7.11 Å². The third-order valence-electron chi connectivity index (χ3n) is 4.22. The number of ether oxygens (including phenoxy) is 2. The number of carbonyl (C=O) groups is 1. The fraction of sp³-hybridized carbons (Fsp3) is 0.562. The fourth-order valence-electron chi connectivity index (χ4n) is 2.69. The lowest BCUT2D eigenvalue weighted by Gasteiger charge is -2.32. The van der Waals surface area contributed by atoms with Crippen molar-refractivity contribution in [2.24, 2.45) is 11.8 Å². The Bertz CT molecular complexity index is 487. The standard InChI is InChI=1S/C16H21BrO3/c1-10-4-5-13(6-11(10)2)20-16-14(17)7-12(9-18)8-15(16)19-3/h7-11,13H,4-6H2,1-3H3. The largest absolute Gasteiger partial charge is 0.493 e. The number of hydrogen-bond donors (Lipinski definition) is 0. The normalized spacial score (nSPS) is 26.1. The van der Waals surface area contributed by atoms with Crippen molar-refractivity contribution in [3.63, 3.8) is 0 Å². The Balaban J connectivity index is 2.18. The smallest absolute Gasteiger partial charge is 0.175 e. The lowest BCUT2D eigenvalue weighted by Crippen LogP contribution is -2.29. The van der Waals surface area contributed by atoms with Gasteiger partial charge in [-0.25, -0.2) is 0 Å². The minimum atomic E-state index is 0.216. The third-order valence-corrected chi connectivity index (χ3v) is 4.81. The fourth-order valence-corrected chi connectivity index (χ4v) is 3.25. The van der Waals surface area contributed by atoms with Gasteiger partial charge in [-0.15, -0.1) is 0 Å². The van der Waals surface area contributed by atoms with Gasteiger partial charge in [0.25, 0.3) is 0 Å². The van der Waals surface area contributed by atoms with Crippen LogP contribution in [-0.2, 0) is 0 Å². The zero-order valence-corrected chi connectivity index (χ0v) is 13.8. The Kier molecular flexibility index (Phi) is 5.08. The van der Waals surface area contributed by atoms with E-state index in [4.69, 9.17) is 9.47 Å². The van der Waals surface area contributed by atoms with E-state index >= 15 is 0 Å². The van der Waals surface area contributed by atoms with E-state index in [9.17, 15) is 4.79 Å². The van der Waals surface area contributed by atoms with Gasteiger partial charge in [-0.2, -0.15) is 0 Å². The highest BCUT2D eigenvalue weighted by Gasteiger charge is 2.27. The maximum atomic E-state index is 10.9. The molecule has 0 aromatic heterocycles.